The molecule has 1 saturated heterocycles. The van der Waals surface area contributed by atoms with Crippen molar-refractivity contribution in [2.45, 2.75) is 44.7 Å². The minimum atomic E-state index is 0.706. The van der Waals surface area contributed by atoms with Crippen molar-refractivity contribution in [3.63, 3.8) is 0 Å². The molecule has 25 heavy (non-hydrogen) atoms. The smallest absolute Gasteiger partial charge is 0.226 e. The number of rotatable bonds is 4. The maximum absolute atomic E-state index is 5.69. The number of piperazine rings is 1. The molecule has 5 heteroatoms. The highest BCUT2D eigenvalue weighted by Crippen LogP contribution is 2.25. The van der Waals surface area contributed by atoms with E-state index in [9.17, 15) is 0 Å². The van der Waals surface area contributed by atoms with Crippen LogP contribution in [-0.2, 0) is 6.54 Å². The summed E-state index contributed by atoms with van der Waals surface area (Å²) in [5.74, 6) is 0.706. The van der Waals surface area contributed by atoms with Crippen LogP contribution in [0.25, 0.3) is 11.5 Å². The molecule has 2 aromatic rings. The molecule has 0 amide bonds. The van der Waals surface area contributed by atoms with E-state index < -0.39 is 0 Å². The topological polar surface area (TPSA) is 32.5 Å². The van der Waals surface area contributed by atoms with Crippen molar-refractivity contribution in [2.24, 2.45) is 0 Å². The molecule has 0 spiro atoms. The lowest BCUT2D eigenvalue weighted by molar-refractivity contribution is 0.0749. The van der Waals surface area contributed by atoms with Gasteiger partial charge in [0.2, 0.25) is 5.89 Å². The summed E-state index contributed by atoms with van der Waals surface area (Å²) in [6.07, 6.45) is 8.88. The SMILES string of the molecule is Brc1cccc(-c2nc(CN3CCN(C4CCCCC4)CC3)co2)c1. The molecule has 0 unspecified atom stereocenters. The number of halogens is 1. The molecule has 1 aromatic carbocycles. The number of hydrogen-bond donors (Lipinski definition) is 0. The Morgan fingerprint density at radius 1 is 1.08 bits per heavy atom. The molecule has 1 aromatic heterocycles. The van der Waals surface area contributed by atoms with Crippen molar-refractivity contribution in [3.05, 3.63) is 40.7 Å². The van der Waals surface area contributed by atoms with Gasteiger partial charge in [0.05, 0.1) is 5.69 Å². The summed E-state index contributed by atoms with van der Waals surface area (Å²) in [7, 11) is 0. The van der Waals surface area contributed by atoms with Crippen molar-refractivity contribution in [1.29, 1.82) is 0 Å². The molecule has 2 heterocycles. The quantitative estimate of drug-likeness (QED) is 0.748. The first-order valence-corrected chi connectivity index (χ1v) is 10.2. The van der Waals surface area contributed by atoms with Crippen molar-refractivity contribution in [3.8, 4) is 11.5 Å². The summed E-state index contributed by atoms with van der Waals surface area (Å²) >= 11 is 3.50. The summed E-state index contributed by atoms with van der Waals surface area (Å²) in [4.78, 5) is 9.90. The van der Waals surface area contributed by atoms with Gasteiger partial charge >= 0.3 is 0 Å². The van der Waals surface area contributed by atoms with Gasteiger partial charge < -0.3 is 4.42 Å². The van der Waals surface area contributed by atoms with Crippen molar-refractivity contribution in [2.75, 3.05) is 26.2 Å². The number of hydrogen-bond acceptors (Lipinski definition) is 4. The second-order valence-corrected chi connectivity index (χ2v) is 8.17. The summed E-state index contributed by atoms with van der Waals surface area (Å²) in [5, 5.41) is 0. The zero-order valence-corrected chi connectivity index (χ0v) is 16.2. The normalized spacial score (nSPS) is 20.8. The molecule has 1 saturated carbocycles. The fraction of sp³-hybridized carbons (Fsp3) is 0.550. The van der Waals surface area contributed by atoms with Gasteiger partial charge in [-0.3, -0.25) is 9.80 Å². The molecule has 2 aliphatic rings. The second kappa shape index (κ2) is 8.02. The van der Waals surface area contributed by atoms with Crippen LogP contribution >= 0.6 is 15.9 Å². The van der Waals surface area contributed by atoms with Crippen LogP contribution in [-0.4, -0.2) is 47.0 Å². The predicted octanol–water partition coefficient (Wildman–Crippen LogP) is 4.55. The van der Waals surface area contributed by atoms with E-state index in [-0.39, 0.29) is 0 Å². The Bertz CT molecular complexity index is 688. The number of benzene rings is 1. The predicted molar refractivity (Wildman–Crippen MR) is 103 cm³/mol. The monoisotopic (exact) mass is 403 g/mol. The third-order valence-corrected chi connectivity index (χ3v) is 6.00. The Morgan fingerprint density at radius 3 is 2.64 bits per heavy atom. The number of oxazole rings is 1. The zero-order chi connectivity index (χ0) is 17.1. The van der Waals surface area contributed by atoms with Crippen LogP contribution in [0.4, 0.5) is 0 Å². The Balaban J connectivity index is 1.31. The van der Waals surface area contributed by atoms with E-state index in [2.05, 4.69) is 30.7 Å². The average molecular weight is 404 g/mol. The van der Waals surface area contributed by atoms with Crippen LogP contribution < -0.4 is 0 Å². The van der Waals surface area contributed by atoms with Crippen LogP contribution in [0.15, 0.2) is 39.4 Å². The lowest BCUT2D eigenvalue weighted by atomic mass is 9.94. The first-order valence-electron chi connectivity index (χ1n) is 9.45. The van der Waals surface area contributed by atoms with Crippen molar-refractivity contribution in [1.82, 2.24) is 14.8 Å². The molecule has 4 rings (SSSR count). The summed E-state index contributed by atoms with van der Waals surface area (Å²) in [6.45, 7) is 5.54. The average Bonchev–Trinajstić information content (AvgIpc) is 3.12. The highest BCUT2D eigenvalue weighted by molar-refractivity contribution is 9.10. The number of nitrogens with zero attached hydrogens (tertiary/aromatic N) is 3. The van der Waals surface area contributed by atoms with E-state index in [4.69, 9.17) is 4.42 Å². The van der Waals surface area contributed by atoms with Crippen LogP contribution in [0.5, 0.6) is 0 Å². The Kier molecular flexibility index (Phi) is 5.54. The second-order valence-electron chi connectivity index (χ2n) is 7.26. The first-order chi connectivity index (χ1) is 12.3. The van der Waals surface area contributed by atoms with E-state index >= 15 is 0 Å². The Hall–Kier alpha value is -1.17. The minimum absolute atomic E-state index is 0.706. The van der Waals surface area contributed by atoms with Gasteiger partial charge in [-0.15, -0.1) is 0 Å². The molecule has 0 atom stereocenters. The van der Waals surface area contributed by atoms with E-state index in [0.717, 1.165) is 41.4 Å². The highest BCUT2D eigenvalue weighted by atomic mass is 79.9. The van der Waals surface area contributed by atoms with Gasteiger partial charge in [-0.1, -0.05) is 41.3 Å². The highest BCUT2D eigenvalue weighted by Gasteiger charge is 2.25. The van der Waals surface area contributed by atoms with Gasteiger partial charge in [0.25, 0.3) is 0 Å². The Labute approximate surface area is 158 Å². The van der Waals surface area contributed by atoms with Gasteiger partial charge in [0, 0.05) is 48.8 Å². The first kappa shape index (κ1) is 17.3. The minimum Gasteiger partial charge on any atom is -0.444 e. The standard InChI is InChI=1S/C20H26BrN3O/c21-17-6-4-5-16(13-17)20-22-18(15-25-20)14-23-9-11-24(12-10-23)19-7-2-1-3-8-19/h4-6,13,15,19H,1-3,7-12,14H2. The van der Waals surface area contributed by atoms with Gasteiger partial charge in [-0.25, -0.2) is 4.98 Å². The molecule has 1 aliphatic heterocycles. The maximum Gasteiger partial charge on any atom is 0.226 e. The number of aromatic nitrogens is 1. The Morgan fingerprint density at radius 2 is 1.88 bits per heavy atom. The molecule has 0 bridgehead atoms. The largest absolute Gasteiger partial charge is 0.444 e. The van der Waals surface area contributed by atoms with Crippen LogP contribution in [0.3, 0.4) is 0 Å². The summed E-state index contributed by atoms with van der Waals surface area (Å²) in [5.41, 5.74) is 2.05. The van der Waals surface area contributed by atoms with E-state index in [1.807, 2.05) is 30.5 Å². The van der Waals surface area contributed by atoms with Crippen LogP contribution in [0.2, 0.25) is 0 Å². The lowest BCUT2D eigenvalue weighted by Gasteiger charge is -2.40. The molecular formula is C20H26BrN3O. The van der Waals surface area contributed by atoms with E-state index in [1.54, 1.807) is 0 Å². The van der Waals surface area contributed by atoms with Crippen molar-refractivity contribution >= 4 is 15.9 Å². The van der Waals surface area contributed by atoms with Gasteiger partial charge in [-0.2, -0.15) is 0 Å². The van der Waals surface area contributed by atoms with Gasteiger partial charge in [0.1, 0.15) is 6.26 Å². The molecule has 2 fully saturated rings. The molecule has 1 aliphatic carbocycles. The molecule has 134 valence electrons. The molecule has 0 radical (unpaired) electrons. The lowest BCUT2D eigenvalue weighted by Crippen LogP contribution is -2.50. The van der Waals surface area contributed by atoms with E-state index in [1.165, 1.54) is 45.2 Å². The van der Waals surface area contributed by atoms with E-state index in [0.29, 0.717) is 5.89 Å². The third-order valence-electron chi connectivity index (χ3n) is 5.51. The molecule has 0 N–H and O–H groups in total. The maximum atomic E-state index is 5.69. The fourth-order valence-electron chi connectivity index (χ4n) is 4.10. The van der Waals surface area contributed by atoms with Gasteiger partial charge in [-0.05, 0) is 31.0 Å². The molecular weight excluding hydrogens is 378 g/mol. The summed E-state index contributed by atoms with van der Waals surface area (Å²) in [6, 6.07) is 8.93. The van der Waals surface area contributed by atoms with Crippen LogP contribution in [0.1, 0.15) is 37.8 Å². The zero-order valence-electron chi connectivity index (χ0n) is 14.7. The van der Waals surface area contributed by atoms with Crippen molar-refractivity contribution < 1.29 is 4.42 Å². The van der Waals surface area contributed by atoms with Gasteiger partial charge in [0.15, 0.2) is 0 Å². The summed E-state index contributed by atoms with van der Waals surface area (Å²) < 4.78 is 6.74. The fourth-order valence-corrected chi connectivity index (χ4v) is 4.49. The van der Waals surface area contributed by atoms with Crippen LogP contribution in [0, 0.1) is 0 Å². The third kappa shape index (κ3) is 4.33. The molecule has 4 nitrogen and oxygen atoms in total.